The fraction of sp³-hybridized carbons (Fsp3) is 0.588. The van der Waals surface area contributed by atoms with Crippen LogP contribution < -0.4 is 4.90 Å². The molecule has 0 aromatic heterocycles. The van der Waals surface area contributed by atoms with E-state index in [0.717, 1.165) is 19.4 Å². The topological polar surface area (TPSA) is 63.5 Å². The Morgan fingerprint density at radius 1 is 1.23 bits per heavy atom. The van der Waals surface area contributed by atoms with Crippen LogP contribution in [0.3, 0.4) is 0 Å². The summed E-state index contributed by atoms with van der Waals surface area (Å²) in [6.07, 6.45) is 7.24. The second-order valence-electron chi connectivity index (χ2n) is 6.46. The highest BCUT2D eigenvalue weighted by Gasteiger charge is 2.36. The van der Waals surface area contributed by atoms with E-state index < -0.39 is 0 Å². The third kappa shape index (κ3) is 2.72. The molecule has 5 heteroatoms. The van der Waals surface area contributed by atoms with Crippen LogP contribution in [-0.4, -0.2) is 23.3 Å². The van der Waals surface area contributed by atoms with Crippen molar-refractivity contribution in [2.75, 3.05) is 11.4 Å². The molecule has 1 saturated carbocycles. The molecule has 1 aliphatic heterocycles. The van der Waals surface area contributed by atoms with Gasteiger partial charge in [-0.1, -0.05) is 12.8 Å². The Balaban J connectivity index is 1.95. The highest BCUT2D eigenvalue weighted by Crippen LogP contribution is 2.40. The first-order chi connectivity index (χ1) is 10.6. The lowest BCUT2D eigenvalue weighted by Crippen LogP contribution is -2.35. The predicted molar refractivity (Wildman–Crippen MR) is 85.4 cm³/mol. The number of carbonyl (C=O) groups excluding carboxylic acids is 1. The molecular formula is C17H22N2O3. The SMILES string of the molecule is CC(=O)c1ccc(N2CCCC2C2CCCC2)c([N+](=O)[O-])c1. The molecule has 1 saturated heterocycles. The highest BCUT2D eigenvalue weighted by atomic mass is 16.6. The summed E-state index contributed by atoms with van der Waals surface area (Å²) >= 11 is 0. The van der Waals surface area contributed by atoms with Gasteiger partial charge in [0.05, 0.1) is 4.92 Å². The zero-order chi connectivity index (χ0) is 15.7. The lowest BCUT2D eigenvalue weighted by molar-refractivity contribution is -0.384. The Morgan fingerprint density at radius 2 is 1.95 bits per heavy atom. The summed E-state index contributed by atoms with van der Waals surface area (Å²) in [7, 11) is 0. The van der Waals surface area contributed by atoms with Gasteiger partial charge < -0.3 is 4.90 Å². The number of benzene rings is 1. The van der Waals surface area contributed by atoms with Gasteiger partial charge in [-0.05, 0) is 50.7 Å². The van der Waals surface area contributed by atoms with Gasteiger partial charge in [-0.15, -0.1) is 0 Å². The molecule has 5 nitrogen and oxygen atoms in total. The first kappa shape index (κ1) is 15.0. The molecule has 1 aromatic carbocycles. The first-order valence-electron chi connectivity index (χ1n) is 8.14. The van der Waals surface area contributed by atoms with Crippen molar-refractivity contribution in [1.29, 1.82) is 0 Å². The zero-order valence-corrected chi connectivity index (χ0v) is 13.0. The molecule has 22 heavy (non-hydrogen) atoms. The first-order valence-corrected chi connectivity index (χ1v) is 8.14. The molecule has 0 spiro atoms. The molecule has 2 fully saturated rings. The van der Waals surface area contributed by atoms with Gasteiger partial charge in [0.2, 0.25) is 0 Å². The Hall–Kier alpha value is -1.91. The number of ketones is 1. The van der Waals surface area contributed by atoms with Gasteiger partial charge in [0, 0.05) is 24.2 Å². The number of carbonyl (C=O) groups is 1. The van der Waals surface area contributed by atoms with Gasteiger partial charge in [-0.25, -0.2) is 0 Å². The van der Waals surface area contributed by atoms with Crippen LogP contribution in [0.5, 0.6) is 0 Å². The zero-order valence-electron chi connectivity index (χ0n) is 13.0. The number of nitro groups is 1. The third-order valence-electron chi connectivity index (χ3n) is 5.13. The molecule has 1 unspecified atom stereocenters. The van der Waals surface area contributed by atoms with Gasteiger partial charge in [0.15, 0.2) is 5.78 Å². The second kappa shape index (κ2) is 6.07. The van der Waals surface area contributed by atoms with Crippen LogP contribution in [0.1, 0.15) is 55.8 Å². The maximum Gasteiger partial charge on any atom is 0.293 e. The summed E-state index contributed by atoms with van der Waals surface area (Å²) in [4.78, 5) is 24.8. The van der Waals surface area contributed by atoms with Crippen molar-refractivity contribution in [3.05, 3.63) is 33.9 Å². The minimum absolute atomic E-state index is 0.0672. The molecule has 118 valence electrons. The lowest BCUT2D eigenvalue weighted by atomic mass is 9.95. The lowest BCUT2D eigenvalue weighted by Gasteiger charge is -2.31. The molecule has 3 rings (SSSR count). The van der Waals surface area contributed by atoms with Gasteiger partial charge in [-0.2, -0.15) is 0 Å². The number of Topliss-reactive ketones (excluding diaryl/α,β-unsaturated/α-hetero) is 1. The minimum atomic E-state index is -0.355. The molecule has 2 aliphatic rings. The summed E-state index contributed by atoms with van der Waals surface area (Å²) in [6.45, 7) is 2.32. The predicted octanol–water partition coefficient (Wildman–Crippen LogP) is 3.96. The summed E-state index contributed by atoms with van der Waals surface area (Å²) in [5.74, 6) is 0.526. The number of nitrogens with zero attached hydrogens (tertiary/aromatic N) is 2. The van der Waals surface area contributed by atoms with Crippen LogP contribution in [0.15, 0.2) is 18.2 Å². The van der Waals surface area contributed by atoms with Crippen molar-refractivity contribution in [2.24, 2.45) is 5.92 Å². The van der Waals surface area contributed by atoms with E-state index in [-0.39, 0.29) is 16.4 Å². The maximum atomic E-state index is 11.5. The highest BCUT2D eigenvalue weighted by molar-refractivity contribution is 5.95. The smallest absolute Gasteiger partial charge is 0.293 e. The number of hydrogen-bond donors (Lipinski definition) is 0. The quantitative estimate of drug-likeness (QED) is 0.480. The second-order valence-corrected chi connectivity index (χ2v) is 6.46. The molecule has 1 aromatic rings. The van der Waals surface area contributed by atoms with Gasteiger partial charge >= 0.3 is 0 Å². The summed E-state index contributed by atoms with van der Waals surface area (Å²) in [5.41, 5.74) is 1.16. The number of rotatable bonds is 4. The molecule has 1 atom stereocenters. The standard InChI is InChI=1S/C17H22N2O3/c1-12(20)14-8-9-16(17(11-14)19(21)22)18-10-4-7-15(18)13-5-2-3-6-13/h8-9,11,13,15H,2-7,10H2,1H3. The van der Waals surface area contributed by atoms with E-state index in [4.69, 9.17) is 0 Å². The van der Waals surface area contributed by atoms with Crippen molar-refractivity contribution in [3.8, 4) is 0 Å². The molecule has 0 N–H and O–H groups in total. The summed E-state index contributed by atoms with van der Waals surface area (Å²) < 4.78 is 0. The van der Waals surface area contributed by atoms with Crippen molar-refractivity contribution in [3.63, 3.8) is 0 Å². The summed E-state index contributed by atoms with van der Waals surface area (Å²) in [5, 5.41) is 11.4. The van der Waals surface area contributed by atoms with Crippen molar-refractivity contribution in [2.45, 2.75) is 51.5 Å². The average Bonchev–Trinajstić information content (AvgIpc) is 3.17. The van der Waals surface area contributed by atoms with Crippen LogP contribution >= 0.6 is 0 Å². The van der Waals surface area contributed by atoms with E-state index in [1.807, 2.05) is 0 Å². The Kier molecular flexibility index (Phi) is 4.14. The summed E-state index contributed by atoms with van der Waals surface area (Å²) in [6, 6.07) is 5.34. The Labute approximate surface area is 130 Å². The average molecular weight is 302 g/mol. The largest absolute Gasteiger partial charge is 0.363 e. The minimum Gasteiger partial charge on any atom is -0.363 e. The normalized spacial score (nSPS) is 22.2. The van der Waals surface area contributed by atoms with Crippen LogP contribution in [0, 0.1) is 16.0 Å². The van der Waals surface area contributed by atoms with Crippen LogP contribution in [0.2, 0.25) is 0 Å². The van der Waals surface area contributed by atoms with Crippen molar-refractivity contribution in [1.82, 2.24) is 0 Å². The van der Waals surface area contributed by atoms with E-state index in [1.165, 1.54) is 38.7 Å². The van der Waals surface area contributed by atoms with Gasteiger partial charge in [0.25, 0.3) is 5.69 Å². The fourth-order valence-electron chi connectivity index (χ4n) is 4.06. The van der Waals surface area contributed by atoms with Crippen molar-refractivity contribution < 1.29 is 9.72 Å². The Bertz CT molecular complexity index is 594. The molecule has 1 heterocycles. The van der Waals surface area contributed by atoms with E-state index in [1.54, 1.807) is 12.1 Å². The maximum absolute atomic E-state index is 11.5. The van der Waals surface area contributed by atoms with Crippen LogP contribution in [-0.2, 0) is 0 Å². The van der Waals surface area contributed by atoms with E-state index in [0.29, 0.717) is 23.2 Å². The Morgan fingerprint density at radius 3 is 2.59 bits per heavy atom. The number of anilines is 1. The molecule has 0 amide bonds. The van der Waals surface area contributed by atoms with Gasteiger partial charge in [0.1, 0.15) is 5.69 Å². The van der Waals surface area contributed by atoms with Crippen LogP contribution in [0.25, 0.3) is 0 Å². The molecular weight excluding hydrogens is 280 g/mol. The molecule has 0 bridgehead atoms. The fourth-order valence-corrected chi connectivity index (χ4v) is 4.06. The van der Waals surface area contributed by atoms with Gasteiger partial charge in [-0.3, -0.25) is 14.9 Å². The number of hydrogen-bond acceptors (Lipinski definition) is 4. The number of nitro benzene ring substituents is 1. The van der Waals surface area contributed by atoms with E-state index >= 15 is 0 Å². The van der Waals surface area contributed by atoms with E-state index in [9.17, 15) is 14.9 Å². The van der Waals surface area contributed by atoms with Crippen LogP contribution in [0.4, 0.5) is 11.4 Å². The monoisotopic (exact) mass is 302 g/mol. The molecule has 0 radical (unpaired) electrons. The van der Waals surface area contributed by atoms with E-state index in [2.05, 4.69) is 4.90 Å². The third-order valence-corrected chi connectivity index (χ3v) is 5.13. The molecule has 1 aliphatic carbocycles. The van der Waals surface area contributed by atoms with Crippen molar-refractivity contribution >= 4 is 17.2 Å².